The molecule has 14 heteroatoms. The summed E-state index contributed by atoms with van der Waals surface area (Å²) >= 11 is 6.21. The van der Waals surface area contributed by atoms with Crippen LogP contribution in [0, 0.1) is 11.8 Å². The number of halogens is 3. The summed E-state index contributed by atoms with van der Waals surface area (Å²) in [7, 11) is 2.09. The SMILES string of the molecule is CN1CC[C@@H]2CN(C(=O)Cn3cc(NC(=O)c4cnn5cccnc45)c(-c4cc(Cl)ccc4OC(F)F)n3)C[C@@H]2C1. The molecule has 0 aliphatic carbocycles. The number of hydrogen-bond acceptors (Lipinski definition) is 7. The van der Waals surface area contributed by atoms with E-state index in [9.17, 15) is 18.4 Å². The van der Waals surface area contributed by atoms with E-state index in [1.807, 2.05) is 4.90 Å². The van der Waals surface area contributed by atoms with Crippen LogP contribution in [-0.2, 0) is 11.3 Å². The Morgan fingerprint density at radius 1 is 1.22 bits per heavy atom. The minimum atomic E-state index is -3.10. The van der Waals surface area contributed by atoms with Crippen molar-refractivity contribution >= 4 is 34.7 Å². The first-order valence-corrected chi connectivity index (χ1v) is 13.5. The van der Waals surface area contributed by atoms with Crippen LogP contribution in [0.15, 0.2) is 49.1 Å². The average Bonchev–Trinajstić information content (AvgIpc) is 3.66. The number of aromatic nitrogens is 5. The van der Waals surface area contributed by atoms with E-state index in [4.69, 9.17) is 16.3 Å². The highest BCUT2D eigenvalue weighted by Crippen LogP contribution is 2.37. The Labute approximate surface area is 238 Å². The van der Waals surface area contributed by atoms with Gasteiger partial charge in [0, 0.05) is 48.8 Å². The fourth-order valence-electron chi connectivity index (χ4n) is 5.65. The molecule has 2 fully saturated rings. The van der Waals surface area contributed by atoms with Crippen LogP contribution in [0.4, 0.5) is 14.5 Å². The monoisotopic (exact) mass is 584 g/mol. The van der Waals surface area contributed by atoms with Crippen LogP contribution in [0.2, 0.25) is 5.02 Å². The van der Waals surface area contributed by atoms with Crippen LogP contribution >= 0.6 is 11.6 Å². The molecule has 0 spiro atoms. The van der Waals surface area contributed by atoms with Crippen molar-refractivity contribution in [1.82, 2.24) is 34.2 Å². The van der Waals surface area contributed by atoms with Gasteiger partial charge in [-0.05, 0) is 56.1 Å². The molecule has 0 unspecified atom stereocenters. The maximum Gasteiger partial charge on any atom is 0.387 e. The molecule has 5 heterocycles. The fraction of sp³-hybridized carbons (Fsp3) is 0.370. The highest BCUT2D eigenvalue weighted by atomic mass is 35.5. The minimum Gasteiger partial charge on any atom is -0.434 e. The third kappa shape index (κ3) is 5.59. The Hall–Kier alpha value is -4.10. The van der Waals surface area contributed by atoms with Crippen molar-refractivity contribution < 1.29 is 23.1 Å². The third-order valence-corrected chi connectivity index (χ3v) is 7.84. The molecule has 0 bridgehead atoms. The lowest BCUT2D eigenvalue weighted by Crippen LogP contribution is -2.37. The molecule has 11 nitrogen and oxygen atoms in total. The van der Waals surface area contributed by atoms with Gasteiger partial charge >= 0.3 is 6.61 Å². The minimum absolute atomic E-state index is 0.0952. The highest BCUT2D eigenvalue weighted by Gasteiger charge is 2.38. The van der Waals surface area contributed by atoms with Gasteiger partial charge in [-0.15, -0.1) is 0 Å². The van der Waals surface area contributed by atoms with E-state index >= 15 is 0 Å². The average molecular weight is 585 g/mol. The lowest BCUT2D eigenvalue weighted by molar-refractivity contribution is -0.131. The van der Waals surface area contributed by atoms with Crippen LogP contribution in [-0.4, -0.2) is 85.8 Å². The number of fused-ring (bicyclic) bond motifs is 2. The van der Waals surface area contributed by atoms with Crippen molar-refractivity contribution in [3.05, 3.63) is 59.6 Å². The van der Waals surface area contributed by atoms with Crippen molar-refractivity contribution in [2.45, 2.75) is 19.6 Å². The number of carbonyl (C=O) groups excluding carboxylic acids is 2. The maximum atomic E-state index is 13.3. The predicted molar refractivity (Wildman–Crippen MR) is 146 cm³/mol. The summed E-state index contributed by atoms with van der Waals surface area (Å²) < 4.78 is 34.1. The Morgan fingerprint density at radius 2 is 2.05 bits per heavy atom. The van der Waals surface area contributed by atoms with Gasteiger partial charge in [0.1, 0.15) is 23.6 Å². The number of carbonyl (C=O) groups is 2. The van der Waals surface area contributed by atoms with Gasteiger partial charge in [-0.1, -0.05) is 11.6 Å². The van der Waals surface area contributed by atoms with E-state index in [0.717, 1.165) is 19.5 Å². The number of anilines is 1. The number of alkyl halides is 2. The van der Waals surface area contributed by atoms with Gasteiger partial charge in [0.05, 0.1) is 11.9 Å². The number of ether oxygens (including phenoxy) is 1. The summed E-state index contributed by atoms with van der Waals surface area (Å²) in [6.45, 7) is 0.142. The van der Waals surface area contributed by atoms with Gasteiger partial charge in [0.15, 0.2) is 5.65 Å². The summed E-state index contributed by atoms with van der Waals surface area (Å²) in [5.74, 6) is 0.0635. The summed E-state index contributed by atoms with van der Waals surface area (Å²) in [4.78, 5) is 35.0. The zero-order valence-electron chi connectivity index (χ0n) is 22.1. The molecule has 0 saturated carbocycles. The maximum absolute atomic E-state index is 13.3. The number of benzene rings is 1. The predicted octanol–water partition coefficient (Wildman–Crippen LogP) is 3.51. The molecule has 0 radical (unpaired) electrons. The molecule has 6 rings (SSSR count). The number of likely N-dealkylation sites (tertiary alicyclic amines) is 2. The van der Waals surface area contributed by atoms with Crippen molar-refractivity contribution in [2.75, 3.05) is 38.5 Å². The Morgan fingerprint density at radius 3 is 2.88 bits per heavy atom. The second kappa shape index (κ2) is 11.1. The first-order chi connectivity index (χ1) is 19.7. The first kappa shape index (κ1) is 27.1. The van der Waals surface area contributed by atoms with Crippen LogP contribution < -0.4 is 10.1 Å². The highest BCUT2D eigenvalue weighted by molar-refractivity contribution is 6.31. The summed E-state index contributed by atoms with van der Waals surface area (Å²) in [6.07, 6.45) is 7.11. The molecule has 1 aromatic carbocycles. The van der Waals surface area contributed by atoms with Crippen molar-refractivity contribution in [1.29, 1.82) is 0 Å². The molecule has 3 aromatic heterocycles. The largest absolute Gasteiger partial charge is 0.434 e. The second-order valence-electron chi connectivity index (χ2n) is 10.4. The van der Waals surface area contributed by atoms with E-state index in [2.05, 4.69) is 32.4 Å². The molecule has 1 N–H and O–H groups in total. The standard InChI is InChI=1S/C27H27ClF2N8O3/c1-35-8-5-16-12-36(13-17(16)11-35)23(39)15-37-14-21(33-26(40)20-10-32-38-7-2-6-31-25(20)38)24(34-37)19-9-18(28)3-4-22(19)41-27(29)30/h2-4,6-7,9-10,14,16-17,27H,5,8,11-13,15H2,1H3,(H,33,40)/t16-,17+/m1/s1. The molecule has 214 valence electrons. The number of nitrogens with zero attached hydrogens (tertiary/aromatic N) is 7. The molecule has 2 amide bonds. The number of piperidine rings is 1. The van der Waals surface area contributed by atoms with Crippen molar-refractivity contribution in [3.63, 3.8) is 0 Å². The van der Waals surface area contributed by atoms with E-state index in [1.54, 1.807) is 12.3 Å². The van der Waals surface area contributed by atoms with Gasteiger partial charge in [-0.3, -0.25) is 14.3 Å². The van der Waals surface area contributed by atoms with Crippen molar-refractivity contribution in [2.24, 2.45) is 11.8 Å². The molecular formula is C27H27ClF2N8O3. The van der Waals surface area contributed by atoms with E-state index in [0.29, 0.717) is 30.6 Å². The van der Waals surface area contributed by atoms with E-state index in [1.165, 1.54) is 46.0 Å². The number of amides is 2. The van der Waals surface area contributed by atoms with Gasteiger partial charge in [-0.25, -0.2) is 9.50 Å². The molecule has 2 atom stereocenters. The molecule has 41 heavy (non-hydrogen) atoms. The van der Waals surface area contributed by atoms with Crippen molar-refractivity contribution in [3.8, 4) is 17.0 Å². The molecule has 2 aliphatic rings. The van der Waals surface area contributed by atoms with Gasteiger partial charge in [0.2, 0.25) is 5.91 Å². The number of hydrogen-bond donors (Lipinski definition) is 1. The van der Waals surface area contributed by atoms with Gasteiger partial charge < -0.3 is 19.9 Å². The summed E-state index contributed by atoms with van der Waals surface area (Å²) in [6, 6.07) is 5.81. The van der Waals surface area contributed by atoms with Crippen LogP contribution in [0.1, 0.15) is 16.8 Å². The molecule has 4 aromatic rings. The zero-order chi connectivity index (χ0) is 28.7. The lowest BCUT2D eigenvalue weighted by atomic mass is 9.89. The normalized spacial score (nSPS) is 19.1. The zero-order valence-corrected chi connectivity index (χ0v) is 22.8. The fourth-order valence-corrected chi connectivity index (χ4v) is 5.82. The Bertz CT molecular complexity index is 1610. The molecule has 2 saturated heterocycles. The van der Waals surface area contributed by atoms with E-state index < -0.39 is 12.5 Å². The second-order valence-corrected chi connectivity index (χ2v) is 10.8. The Balaban J connectivity index is 1.31. The van der Waals surface area contributed by atoms with Gasteiger partial charge in [-0.2, -0.15) is 19.0 Å². The van der Waals surface area contributed by atoms with Crippen LogP contribution in [0.5, 0.6) is 5.75 Å². The Kier molecular flexibility index (Phi) is 7.30. The first-order valence-electron chi connectivity index (χ1n) is 13.1. The van der Waals surface area contributed by atoms with Crippen LogP contribution in [0.25, 0.3) is 16.9 Å². The molecule has 2 aliphatic heterocycles. The van der Waals surface area contributed by atoms with Crippen LogP contribution in [0.3, 0.4) is 0 Å². The molecular weight excluding hydrogens is 558 g/mol. The summed E-state index contributed by atoms with van der Waals surface area (Å²) in [5.41, 5.74) is 0.953. The summed E-state index contributed by atoms with van der Waals surface area (Å²) in [5, 5.41) is 11.7. The smallest absolute Gasteiger partial charge is 0.387 e. The van der Waals surface area contributed by atoms with Gasteiger partial charge in [0.25, 0.3) is 5.91 Å². The lowest BCUT2D eigenvalue weighted by Gasteiger charge is -2.31. The number of nitrogens with one attached hydrogen (secondary N) is 1. The van der Waals surface area contributed by atoms with E-state index in [-0.39, 0.29) is 45.7 Å². The quantitative estimate of drug-likeness (QED) is 0.354. The third-order valence-electron chi connectivity index (χ3n) is 7.60. The number of rotatable bonds is 7. The topological polar surface area (TPSA) is 110 Å².